The molecule has 158 valence electrons. The molecular formula is C23H21ClN4O3. The third-order valence-electron chi connectivity index (χ3n) is 5.62. The van der Waals surface area contributed by atoms with E-state index in [1.54, 1.807) is 10.9 Å². The third kappa shape index (κ3) is 3.60. The van der Waals surface area contributed by atoms with E-state index >= 15 is 0 Å². The zero-order chi connectivity index (χ0) is 21.4. The molecule has 1 unspecified atom stereocenters. The van der Waals surface area contributed by atoms with Crippen molar-refractivity contribution in [1.29, 1.82) is 0 Å². The molecule has 0 spiro atoms. The molecule has 0 radical (unpaired) electrons. The molecule has 1 atom stereocenters. The maximum atomic E-state index is 13.5. The van der Waals surface area contributed by atoms with Crippen LogP contribution in [-0.2, 0) is 17.8 Å². The molecule has 0 amide bonds. The maximum absolute atomic E-state index is 13.5. The van der Waals surface area contributed by atoms with E-state index in [2.05, 4.69) is 4.98 Å². The van der Waals surface area contributed by atoms with Crippen LogP contribution in [0.1, 0.15) is 18.4 Å². The Morgan fingerprint density at radius 1 is 1.06 bits per heavy atom. The zero-order valence-corrected chi connectivity index (χ0v) is 17.5. The van der Waals surface area contributed by atoms with Crippen LogP contribution >= 0.6 is 11.6 Å². The Morgan fingerprint density at radius 3 is 2.58 bits per heavy atom. The minimum absolute atomic E-state index is 0.146. The highest BCUT2D eigenvalue weighted by atomic mass is 35.5. The van der Waals surface area contributed by atoms with Crippen molar-refractivity contribution in [3.05, 3.63) is 92.3 Å². The molecule has 2 aromatic heterocycles. The Balaban J connectivity index is 1.73. The number of fused-ring (bicyclic) bond motifs is 1. The van der Waals surface area contributed by atoms with Gasteiger partial charge in [-0.1, -0.05) is 48.0 Å². The lowest BCUT2D eigenvalue weighted by atomic mass is 10.2. The summed E-state index contributed by atoms with van der Waals surface area (Å²) in [7, 11) is 0. The second-order valence-electron chi connectivity index (χ2n) is 7.64. The molecule has 1 aliphatic heterocycles. The predicted octanol–water partition coefficient (Wildman–Crippen LogP) is 3.23. The number of benzene rings is 2. The molecule has 1 saturated heterocycles. The molecule has 1 aliphatic rings. The van der Waals surface area contributed by atoms with Gasteiger partial charge in [-0.3, -0.25) is 9.36 Å². The van der Waals surface area contributed by atoms with Gasteiger partial charge in [0.05, 0.1) is 31.2 Å². The summed E-state index contributed by atoms with van der Waals surface area (Å²) in [6, 6.07) is 16.7. The first-order valence-corrected chi connectivity index (χ1v) is 10.6. The quantitative estimate of drug-likeness (QED) is 0.481. The van der Waals surface area contributed by atoms with Crippen molar-refractivity contribution in [2.45, 2.75) is 32.0 Å². The summed E-state index contributed by atoms with van der Waals surface area (Å²) in [6.07, 6.45) is 3.20. The normalized spacial score (nSPS) is 16.2. The van der Waals surface area contributed by atoms with Gasteiger partial charge in [0.1, 0.15) is 0 Å². The van der Waals surface area contributed by atoms with Gasteiger partial charge in [0, 0.05) is 11.6 Å². The zero-order valence-electron chi connectivity index (χ0n) is 16.8. The molecule has 3 heterocycles. The van der Waals surface area contributed by atoms with Crippen molar-refractivity contribution in [1.82, 2.24) is 18.7 Å². The molecule has 1 fully saturated rings. The van der Waals surface area contributed by atoms with Gasteiger partial charge in [-0.15, -0.1) is 0 Å². The van der Waals surface area contributed by atoms with Crippen molar-refractivity contribution in [2.24, 2.45) is 0 Å². The minimum Gasteiger partial charge on any atom is -0.376 e. The molecule has 0 saturated carbocycles. The van der Waals surface area contributed by atoms with E-state index in [4.69, 9.17) is 16.3 Å². The number of halogens is 1. The van der Waals surface area contributed by atoms with Crippen LogP contribution in [0.25, 0.3) is 16.9 Å². The average molecular weight is 437 g/mol. The molecule has 8 heteroatoms. The SMILES string of the molecule is O=c1c2c(ncn2Cc2ccccc2Cl)n(-c2ccccc2)c(=O)n1CC1CCCO1. The van der Waals surface area contributed by atoms with Crippen molar-refractivity contribution in [2.75, 3.05) is 6.61 Å². The highest BCUT2D eigenvalue weighted by Gasteiger charge is 2.23. The maximum Gasteiger partial charge on any atom is 0.337 e. The number of para-hydroxylation sites is 1. The summed E-state index contributed by atoms with van der Waals surface area (Å²) < 4.78 is 10.2. The average Bonchev–Trinajstić information content (AvgIpc) is 3.44. The number of hydrogen-bond acceptors (Lipinski definition) is 4. The largest absolute Gasteiger partial charge is 0.376 e. The first-order chi connectivity index (χ1) is 15.1. The van der Waals surface area contributed by atoms with Gasteiger partial charge in [0.15, 0.2) is 11.2 Å². The number of ether oxygens (including phenoxy) is 1. The Labute approximate surface area is 183 Å². The van der Waals surface area contributed by atoms with E-state index in [0.29, 0.717) is 35.0 Å². The van der Waals surface area contributed by atoms with Crippen molar-refractivity contribution < 1.29 is 4.74 Å². The van der Waals surface area contributed by atoms with Gasteiger partial charge in [-0.05, 0) is 36.6 Å². The van der Waals surface area contributed by atoms with Crippen molar-refractivity contribution in [3.8, 4) is 5.69 Å². The van der Waals surface area contributed by atoms with Crippen LogP contribution in [0.3, 0.4) is 0 Å². The molecule has 2 aromatic carbocycles. The van der Waals surface area contributed by atoms with Crippen LogP contribution in [0.15, 0.2) is 70.5 Å². The molecule has 7 nitrogen and oxygen atoms in total. The van der Waals surface area contributed by atoms with E-state index < -0.39 is 5.69 Å². The highest BCUT2D eigenvalue weighted by Crippen LogP contribution is 2.20. The molecule has 0 bridgehead atoms. The van der Waals surface area contributed by atoms with Gasteiger partial charge < -0.3 is 9.30 Å². The van der Waals surface area contributed by atoms with E-state index in [9.17, 15) is 9.59 Å². The summed E-state index contributed by atoms with van der Waals surface area (Å²) in [6.45, 7) is 1.25. The molecular weight excluding hydrogens is 416 g/mol. The van der Waals surface area contributed by atoms with Gasteiger partial charge in [0.25, 0.3) is 5.56 Å². The van der Waals surface area contributed by atoms with Crippen molar-refractivity contribution in [3.63, 3.8) is 0 Å². The minimum atomic E-state index is -0.415. The Kier molecular flexibility index (Phi) is 5.21. The highest BCUT2D eigenvalue weighted by molar-refractivity contribution is 6.31. The fourth-order valence-corrected chi connectivity index (χ4v) is 4.27. The van der Waals surface area contributed by atoms with E-state index in [1.807, 2.05) is 54.6 Å². The first-order valence-electron chi connectivity index (χ1n) is 10.2. The van der Waals surface area contributed by atoms with Gasteiger partial charge in [0.2, 0.25) is 0 Å². The van der Waals surface area contributed by atoms with Gasteiger partial charge in [-0.25, -0.2) is 14.3 Å². The lowest BCUT2D eigenvalue weighted by molar-refractivity contribution is 0.0950. The van der Waals surface area contributed by atoms with Crippen LogP contribution < -0.4 is 11.2 Å². The van der Waals surface area contributed by atoms with Crippen LogP contribution in [-0.4, -0.2) is 31.4 Å². The summed E-state index contributed by atoms with van der Waals surface area (Å²) >= 11 is 6.34. The van der Waals surface area contributed by atoms with E-state index in [-0.39, 0.29) is 18.2 Å². The smallest absolute Gasteiger partial charge is 0.337 e. The lowest BCUT2D eigenvalue weighted by Gasteiger charge is -2.15. The fraction of sp³-hybridized carbons (Fsp3) is 0.261. The number of rotatable bonds is 5. The second-order valence-corrected chi connectivity index (χ2v) is 8.05. The fourth-order valence-electron chi connectivity index (χ4n) is 4.07. The third-order valence-corrected chi connectivity index (χ3v) is 5.99. The topological polar surface area (TPSA) is 71.0 Å². The summed E-state index contributed by atoms with van der Waals surface area (Å²) in [5.41, 5.74) is 1.43. The standard InChI is InChI=1S/C23H21ClN4O3/c24-19-11-5-4-7-16(19)13-26-15-25-21-20(26)22(29)27(14-18-10-6-12-31-18)23(30)28(21)17-8-2-1-3-9-17/h1-5,7-9,11,15,18H,6,10,12-14H2. The number of imidazole rings is 1. The van der Waals surface area contributed by atoms with Crippen LogP contribution in [0.2, 0.25) is 5.02 Å². The Bertz CT molecular complexity index is 1350. The first kappa shape index (κ1) is 19.8. The molecule has 5 rings (SSSR count). The number of hydrogen-bond donors (Lipinski definition) is 0. The van der Waals surface area contributed by atoms with Gasteiger partial charge in [-0.2, -0.15) is 0 Å². The van der Waals surface area contributed by atoms with E-state index in [0.717, 1.165) is 18.4 Å². The van der Waals surface area contributed by atoms with Crippen molar-refractivity contribution >= 4 is 22.8 Å². The van der Waals surface area contributed by atoms with Gasteiger partial charge >= 0.3 is 5.69 Å². The number of aromatic nitrogens is 4. The molecule has 0 aliphatic carbocycles. The predicted molar refractivity (Wildman–Crippen MR) is 119 cm³/mol. The molecule has 0 N–H and O–H groups in total. The van der Waals surface area contributed by atoms with E-state index in [1.165, 1.54) is 9.13 Å². The second kappa shape index (κ2) is 8.17. The van der Waals surface area contributed by atoms with Crippen LogP contribution in [0.4, 0.5) is 0 Å². The molecule has 4 aromatic rings. The Morgan fingerprint density at radius 2 is 1.84 bits per heavy atom. The van der Waals surface area contributed by atoms with Crippen LogP contribution in [0.5, 0.6) is 0 Å². The summed E-state index contributed by atoms with van der Waals surface area (Å²) in [5, 5.41) is 0.611. The summed E-state index contributed by atoms with van der Waals surface area (Å²) in [5.74, 6) is 0. The molecule has 31 heavy (non-hydrogen) atoms. The Hall–Kier alpha value is -3.16. The lowest BCUT2D eigenvalue weighted by Crippen LogP contribution is -2.42. The van der Waals surface area contributed by atoms with Crippen LogP contribution in [0, 0.1) is 0 Å². The number of nitrogens with zero attached hydrogens (tertiary/aromatic N) is 4. The summed E-state index contributed by atoms with van der Waals surface area (Å²) in [4.78, 5) is 31.3. The monoisotopic (exact) mass is 436 g/mol.